The fourth-order valence-corrected chi connectivity index (χ4v) is 3.18. The minimum Gasteiger partial charge on any atom is -0.490 e. The van der Waals surface area contributed by atoms with E-state index >= 15 is 0 Å². The number of nitriles is 1. The fourth-order valence-electron chi connectivity index (χ4n) is 2.11. The van der Waals surface area contributed by atoms with E-state index in [0.717, 1.165) is 0 Å². The lowest BCUT2D eigenvalue weighted by Crippen LogP contribution is -2.11. The van der Waals surface area contributed by atoms with Crippen molar-refractivity contribution in [1.82, 2.24) is 0 Å². The predicted octanol–water partition coefficient (Wildman–Crippen LogP) is 4.57. The molecule has 0 atom stereocenters. The molecule has 7 nitrogen and oxygen atoms in total. The molecule has 0 aromatic heterocycles. The average molecular weight is 437 g/mol. The largest absolute Gasteiger partial charge is 0.490 e. The maximum absolute atomic E-state index is 12.5. The van der Waals surface area contributed by atoms with Gasteiger partial charge in [0.2, 0.25) is 0 Å². The summed E-state index contributed by atoms with van der Waals surface area (Å²) < 4.78 is 11.2. The van der Waals surface area contributed by atoms with Gasteiger partial charge in [-0.2, -0.15) is 5.26 Å². The molecule has 2 aromatic carbocycles. The zero-order chi connectivity index (χ0) is 19.3. The Morgan fingerprint density at radius 2 is 2.12 bits per heavy atom. The number of nitro benzene ring substituents is 1. The van der Waals surface area contributed by atoms with E-state index < -0.39 is 10.9 Å². The average Bonchev–Trinajstić information content (AvgIpc) is 2.63. The van der Waals surface area contributed by atoms with Crippen LogP contribution in [0.15, 0.2) is 39.7 Å². The summed E-state index contributed by atoms with van der Waals surface area (Å²) in [6, 6.07) is 9.06. The van der Waals surface area contributed by atoms with Crippen LogP contribution >= 0.6 is 27.7 Å². The number of hydrogen-bond acceptors (Lipinski definition) is 7. The molecule has 2 aromatic rings. The summed E-state index contributed by atoms with van der Waals surface area (Å²) in [6.45, 7) is 2.06. The van der Waals surface area contributed by atoms with Crippen LogP contribution in [0, 0.1) is 21.4 Å². The number of benzene rings is 2. The predicted molar refractivity (Wildman–Crippen MR) is 99.9 cm³/mol. The van der Waals surface area contributed by atoms with Gasteiger partial charge >= 0.3 is 5.97 Å². The van der Waals surface area contributed by atoms with Crippen LogP contribution in [0.25, 0.3) is 0 Å². The van der Waals surface area contributed by atoms with Crippen molar-refractivity contribution in [2.24, 2.45) is 0 Å². The van der Waals surface area contributed by atoms with Crippen LogP contribution in [-0.4, -0.2) is 23.8 Å². The van der Waals surface area contributed by atoms with Crippen molar-refractivity contribution in [3.05, 3.63) is 56.0 Å². The highest BCUT2D eigenvalue weighted by molar-refractivity contribution is 9.10. The van der Waals surface area contributed by atoms with E-state index in [4.69, 9.17) is 14.7 Å². The van der Waals surface area contributed by atoms with E-state index in [9.17, 15) is 14.9 Å². The molecule has 134 valence electrons. The normalized spacial score (nSPS) is 10.1. The van der Waals surface area contributed by atoms with Gasteiger partial charge in [0.25, 0.3) is 5.69 Å². The molecule has 9 heteroatoms. The van der Waals surface area contributed by atoms with Crippen LogP contribution in [0.2, 0.25) is 0 Å². The second-order valence-electron chi connectivity index (χ2n) is 4.86. The van der Waals surface area contributed by atoms with Crippen molar-refractivity contribution in [3.8, 4) is 17.6 Å². The van der Waals surface area contributed by atoms with Gasteiger partial charge in [-0.3, -0.25) is 10.1 Å². The monoisotopic (exact) mass is 436 g/mol. The summed E-state index contributed by atoms with van der Waals surface area (Å²) in [5, 5.41) is 20.2. The molecule has 0 fully saturated rings. The molecular formula is C17H13BrN2O5S. The molecule has 0 spiro atoms. The lowest BCUT2D eigenvalue weighted by molar-refractivity contribution is -0.387. The first kappa shape index (κ1) is 19.8. The third-order valence-corrected chi connectivity index (χ3v) is 4.62. The third-order valence-electron chi connectivity index (χ3n) is 3.24. The summed E-state index contributed by atoms with van der Waals surface area (Å²) in [7, 11) is 0. The van der Waals surface area contributed by atoms with E-state index in [1.165, 1.54) is 42.1 Å². The van der Waals surface area contributed by atoms with Crippen LogP contribution in [0.3, 0.4) is 0 Å². The maximum Gasteiger partial charge on any atom is 0.343 e. The van der Waals surface area contributed by atoms with E-state index in [1.54, 1.807) is 13.2 Å². The van der Waals surface area contributed by atoms with E-state index in [0.29, 0.717) is 21.5 Å². The van der Waals surface area contributed by atoms with Crippen molar-refractivity contribution in [3.63, 3.8) is 0 Å². The van der Waals surface area contributed by atoms with E-state index in [1.807, 2.05) is 6.07 Å². The third kappa shape index (κ3) is 4.33. The molecule has 0 saturated heterocycles. The number of nitro groups is 1. The van der Waals surface area contributed by atoms with Crippen molar-refractivity contribution in [2.75, 3.05) is 12.9 Å². The zero-order valence-electron chi connectivity index (χ0n) is 13.8. The Bertz CT molecular complexity index is 911. The smallest absolute Gasteiger partial charge is 0.343 e. The summed E-state index contributed by atoms with van der Waals surface area (Å²) >= 11 is 4.46. The summed E-state index contributed by atoms with van der Waals surface area (Å²) in [4.78, 5) is 23.5. The molecule has 0 heterocycles. The minimum atomic E-state index is -0.771. The first-order valence-corrected chi connectivity index (χ1v) is 9.34. The number of thioether (sulfide) groups is 1. The molecule has 0 bridgehead atoms. The van der Waals surface area contributed by atoms with Crippen LogP contribution in [0.5, 0.6) is 11.5 Å². The maximum atomic E-state index is 12.5. The molecular weight excluding hydrogens is 424 g/mol. The lowest BCUT2D eigenvalue weighted by atomic mass is 10.2. The van der Waals surface area contributed by atoms with Crippen LogP contribution < -0.4 is 9.47 Å². The van der Waals surface area contributed by atoms with Gasteiger partial charge in [0.05, 0.1) is 38.1 Å². The number of esters is 1. The number of carbonyl (C=O) groups is 1. The Labute approximate surface area is 162 Å². The first-order chi connectivity index (χ1) is 12.4. The number of halogens is 1. The molecule has 2 rings (SSSR count). The molecule has 0 amide bonds. The Hall–Kier alpha value is -2.57. The molecule has 0 unspecified atom stereocenters. The van der Waals surface area contributed by atoms with Crippen LogP contribution in [0.4, 0.5) is 5.69 Å². The Morgan fingerprint density at radius 3 is 2.69 bits per heavy atom. The van der Waals surface area contributed by atoms with Crippen molar-refractivity contribution in [2.45, 2.75) is 11.8 Å². The van der Waals surface area contributed by atoms with Gasteiger partial charge in [-0.1, -0.05) is 0 Å². The zero-order valence-corrected chi connectivity index (χ0v) is 16.2. The fraction of sp³-hybridized carbons (Fsp3) is 0.176. The SMILES string of the molecule is CCOc1cc(C#N)cc(Br)c1OC(=O)c1ccc(SC)c([N+](=O)[O-])c1. The minimum absolute atomic E-state index is 0.0354. The highest BCUT2D eigenvalue weighted by Gasteiger charge is 2.21. The van der Waals surface area contributed by atoms with E-state index in [2.05, 4.69) is 15.9 Å². The first-order valence-electron chi connectivity index (χ1n) is 7.32. The van der Waals surface area contributed by atoms with Gasteiger partial charge in [0.1, 0.15) is 0 Å². The standard InChI is InChI=1S/C17H13BrN2O5S/c1-3-24-14-7-10(9-19)6-12(18)16(14)25-17(21)11-4-5-15(26-2)13(8-11)20(22)23/h4-8H,3H2,1-2H3. The Kier molecular flexibility index (Phi) is 6.60. The lowest BCUT2D eigenvalue weighted by Gasteiger charge is -2.13. The molecule has 0 aliphatic rings. The number of hydrogen-bond donors (Lipinski definition) is 0. The van der Waals surface area contributed by atoms with Gasteiger partial charge in [0, 0.05) is 12.1 Å². The second kappa shape index (κ2) is 8.69. The highest BCUT2D eigenvalue weighted by Crippen LogP contribution is 2.37. The topological polar surface area (TPSA) is 102 Å². The van der Waals surface area contributed by atoms with Gasteiger partial charge in [-0.05, 0) is 47.3 Å². The number of nitrogens with zero attached hydrogens (tertiary/aromatic N) is 2. The van der Waals surface area contributed by atoms with Gasteiger partial charge in [0.15, 0.2) is 11.5 Å². The quantitative estimate of drug-likeness (QED) is 0.214. The second-order valence-corrected chi connectivity index (χ2v) is 6.57. The highest BCUT2D eigenvalue weighted by atomic mass is 79.9. The van der Waals surface area contributed by atoms with Crippen molar-refractivity contribution < 1.29 is 19.2 Å². The van der Waals surface area contributed by atoms with Crippen molar-refractivity contribution >= 4 is 39.3 Å². The van der Waals surface area contributed by atoms with Gasteiger partial charge < -0.3 is 9.47 Å². The Morgan fingerprint density at radius 1 is 1.38 bits per heavy atom. The van der Waals surface area contributed by atoms with Crippen LogP contribution in [0.1, 0.15) is 22.8 Å². The van der Waals surface area contributed by atoms with E-state index in [-0.39, 0.29) is 22.7 Å². The molecule has 0 aliphatic carbocycles. The summed E-state index contributed by atoms with van der Waals surface area (Å²) in [5.41, 5.74) is 0.198. The number of carbonyl (C=O) groups excluding carboxylic acids is 1. The number of ether oxygens (including phenoxy) is 2. The van der Waals surface area contributed by atoms with Crippen molar-refractivity contribution in [1.29, 1.82) is 5.26 Å². The summed E-state index contributed by atoms with van der Waals surface area (Å²) in [6.07, 6.45) is 1.71. The van der Waals surface area contributed by atoms with Gasteiger partial charge in [-0.25, -0.2) is 4.79 Å². The Balaban J connectivity index is 2.40. The summed E-state index contributed by atoms with van der Waals surface area (Å²) in [5.74, 6) is -0.443. The van der Waals surface area contributed by atoms with Gasteiger partial charge in [-0.15, -0.1) is 11.8 Å². The molecule has 0 N–H and O–H groups in total. The molecule has 0 radical (unpaired) electrons. The van der Waals surface area contributed by atoms with Crippen LogP contribution in [-0.2, 0) is 0 Å². The number of rotatable bonds is 6. The molecule has 26 heavy (non-hydrogen) atoms. The molecule has 0 aliphatic heterocycles. The molecule has 0 saturated carbocycles.